The van der Waals surface area contributed by atoms with Gasteiger partial charge in [-0.3, -0.25) is 5.32 Å². The third kappa shape index (κ3) is 4.90. The predicted octanol–water partition coefficient (Wildman–Crippen LogP) is 4.36. The Bertz CT molecular complexity index is 829. The molecule has 1 aliphatic heterocycles. The molecule has 2 heterocycles. The normalized spacial score (nSPS) is 22.3. The van der Waals surface area contributed by atoms with Crippen LogP contribution in [0, 0.1) is 0 Å². The maximum Gasteiger partial charge on any atom is 0.191 e. The highest BCUT2D eigenvalue weighted by atomic mass is 32.2. The second kappa shape index (κ2) is 9.98. The van der Waals surface area contributed by atoms with Crippen molar-refractivity contribution in [1.29, 1.82) is 0 Å². The van der Waals surface area contributed by atoms with Crippen LogP contribution in [-0.4, -0.2) is 47.3 Å². The lowest BCUT2D eigenvalue weighted by Crippen LogP contribution is -2.17. The number of hydrogen-bond donors (Lipinski definition) is 1. The summed E-state index contributed by atoms with van der Waals surface area (Å²) in [6.45, 7) is 5.55. The van der Waals surface area contributed by atoms with Crippen LogP contribution >= 0.6 is 11.8 Å². The lowest BCUT2D eigenvalue weighted by atomic mass is 9.89. The number of thioether (sulfide) groups is 1. The SMILES string of the molecule is C=CCn1c(SC[C@@H]2CN[C@H](c3ccc(N(C)C)cc3)O2)nnc1C1CCCCC1. The van der Waals surface area contributed by atoms with Gasteiger partial charge in [-0.1, -0.05) is 49.2 Å². The Morgan fingerprint density at radius 1 is 1.20 bits per heavy atom. The van der Waals surface area contributed by atoms with Crippen LogP contribution in [0.1, 0.15) is 55.6 Å². The summed E-state index contributed by atoms with van der Waals surface area (Å²) in [5.41, 5.74) is 2.36. The molecule has 4 rings (SSSR count). The van der Waals surface area contributed by atoms with Crippen LogP contribution in [0.15, 0.2) is 42.1 Å². The van der Waals surface area contributed by atoms with Crippen LogP contribution < -0.4 is 10.2 Å². The number of nitrogens with zero attached hydrogens (tertiary/aromatic N) is 4. The van der Waals surface area contributed by atoms with Crippen LogP contribution in [0.2, 0.25) is 0 Å². The lowest BCUT2D eigenvalue weighted by Gasteiger charge is -2.21. The number of benzene rings is 1. The molecule has 2 atom stereocenters. The molecule has 6 nitrogen and oxygen atoms in total. The molecule has 0 bridgehead atoms. The van der Waals surface area contributed by atoms with E-state index in [0.29, 0.717) is 5.92 Å². The zero-order chi connectivity index (χ0) is 20.9. The number of nitrogens with one attached hydrogen (secondary N) is 1. The van der Waals surface area contributed by atoms with Gasteiger partial charge in [0.15, 0.2) is 5.16 Å². The van der Waals surface area contributed by atoms with E-state index >= 15 is 0 Å². The summed E-state index contributed by atoms with van der Waals surface area (Å²) in [4.78, 5) is 2.10. The first-order valence-corrected chi connectivity index (χ1v) is 12.0. The van der Waals surface area contributed by atoms with Crippen molar-refractivity contribution in [2.45, 2.75) is 62.1 Å². The highest BCUT2D eigenvalue weighted by Crippen LogP contribution is 2.34. The van der Waals surface area contributed by atoms with Crippen molar-refractivity contribution in [3.8, 4) is 0 Å². The van der Waals surface area contributed by atoms with Gasteiger partial charge in [0, 0.05) is 44.5 Å². The van der Waals surface area contributed by atoms with Crippen LogP contribution in [-0.2, 0) is 11.3 Å². The van der Waals surface area contributed by atoms with E-state index in [0.717, 1.165) is 29.8 Å². The molecular formula is C23H33N5OS. The molecule has 1 aliphatic carbocycles. The van der Waals surface area contributed by atoms with E-state index in [2.05, 4.69) is 69.9 Å². The minimum Gasteiger partial charge on any atom is -0.378 e. The molecule has 0 radical (unpaired) electrons. The average Bonchev–Trinajstić information content (AvgIpc) is 3.40. The molecule has 2 aromatic rings. The van der Waals surface area contributed by atoms with Gasteiger partial charge >= 0.3 is 0 Å². The topological polar surface area (TPSA) is 55.2 Å². The molecule has 2 fully saturated rings. The second-order valence-electron chi connectivity index (χ2n) is 8.42. The smallest absolute Gasteiger partial charge is 0.191 e. The molecule has 1 aromatic heterocycles. The van der Waals surface area contributed by atoms with Gasteiger partial charge in [0.25, 0.3) is 0 Å². The van der Waals surface area contributed by atoms with Crippen molar-refractivity contribution < 1.29 is 4.74 Å². The Morgan fingerprint density at radius 2 is 1.97 bits per heavy atom. The molecule has 0 spiro atoms. The number of anilines is 1. The summed E-state index contributed by atoms with van der Waals surface area (Å²) >= 11 is 1.74. The zero-order valence-electron chi connectivity index (χ0n) is 18.1. The Morgan fingerprint density at radius 3 is 2.67 bits per heavy atom. The minimum absolute atomic E-state index is 0.0457. The third-order valence-corrected chi connectivity index (χ3v) is 7.10. The molecule has 1 saturated heterocycles. The number of rotatable bonds is 8. The number of allylic oxidation sites excluding steroid dienone is 1. The molecule has 2 aliphatic rings. The standard InChI is InChI=1S/C23H33N5OS/c1-4-14-28-21(17-8-6-5-7-9-17)25-26-23(28)30-16-20-15-24-22(29-20)18-10-12-19(13-11-18)27(2)3/h4,10-13,17,20,22,24H,1,5-9,14-16H2,2-3H3/t20-,22-/m0/s1. The second-order valence-corrected chi connectivity index (χ2v) is 9.41. The fourth-order valence-electron chi connectivity index (χ4n) is 4.31. The van der Waals surface area contributed by atoms with Gasteiger partial charge in [0.05, 0.1) is 6.10 Å². The van der Waals surface area contributed by atoms with Crippen molar-refractivity contribution in [2.75, 3.05) is 31.3 Å². The lowest BCUT2D eigenvalue weighted by molar-refractivity contribution is 0.0534. The summed E-state index contributed by atoms with van der Waals surface area (Å²) in [5, 5.41) is 13.6. The van der Waals surface area contributed by atoms with Gasteiger partial charge in [-0.15, -0.1) is 16.8 Å². The summed E-state index contributed by atoms with van der Waals surface area (Å²) in [6.07, 6.45) is 8.45. The van der Waals surface area contributed by atoms with Gasteiger partial charge in [-0.05, 0) is 30.5 Å². The van der Waals surface area contributed by atoms with Gasteiger partial charge in [0.2, 0.25) is 0 Å². The predicted molar refractivity (Wildman–Crippen MR) is 123 cm³/mol. The molecule has 0 unspecified atom stereocenters. The average molecular weight is 428 g/mol. The van der Waals surface area contributed by atoms with Gasteiger partial charge in [0.1, 0.15) is 12.1 Å². The largest absolute Gasteiger partial charge is 0.378 e. The first-order chi connectivity index (χ1) is 14.7. The first kappa shape index (κ1) is 21.4. The van der Waals surface area contributed by atoms with Crippen LogP contribution in [0.5, 0.6) is 0 Å². The molecular weight excluding hydrogens is 394 g/mol. The van der Waals surface area contributed by atoms with Crippen LogP contribution in [0.4, 0.5) is 5.69 Å². The Hall–Kier alpha value is -1.83. The fraction of sp³-hybridized carbons (Fsp3) is 0.565. The van der Waals surface area contributed by atoms with E-state index in [9.17, 15) is 0 Å². The van der Waals surface area contributed by atoms with Crippen molar-refractivity contribution >= 4 is 17.4 Å². The van der Waals surface area contributed by atoms with E-state index in [-0.39, 0.29) is 12.3 Å². The molecule has 1 aromatic carbocycles. The number of aromatic nitrogens is 3. The Kier molecular flexibility index (Phi) is 7.12. The summed E-state index contributed by atoms with van der Waals surface area (Å²) in [6, 6.07) is 8.54. The summed E-state index contributed by atoms with van der Waals surface area (Å²) in [7, 11) is 4.11. The monoisotopic (exact) mass is 427 g/mol. The van der Waals surface area contributed by atoms with E-state index in [1.54, 1.807) is 11.8 Å². The van der Waals surface area contributed by atoms with Crippen molar-refractivity contribution in [3.05, 3.63) is 48.3 Å². The van der Waals surface area contributed by atoms with E-state index < -0.39 is 0 Å². The third-order valence-electron chi connectivity index (χ3n) is 6.00. The molecule has 0 amide bonds. The zero-order valence-corrected chi connectivity index (χ0v) is 18.9. The molecule has 30 heavy (non-hydrogen) atoms. The minimum atomic E-state index is -0.0457. The molecule has 1 N–H and O–H groups in total. The van der Waals surface area contributed by atoms with Gasteiger partial charge < -0.3 is 14.2 Å². The van der Waals surface area contributed by atoms with Crippen molar-refractivity contribution in [2.24, 2.45) is 0 Å². The molecule has 7 heteroatoms. The first-order valence-electron chi connectivity index (χ1n) is 11.0. The van der Waals surface area contributed by atoms with Crippen LogP contribution in [0.25, 0.3) is 0 Å². The Labute approximate surface area is 184 Å². The van der Waals surface area contributed by atoms with Crippen molar-refractivity contribution in [1.82, 2.24) is 20.1 Å². The van der Waals surface area contributed by atoms with E-state index in [1.165, 1.54) is 43.4 Å². The summed E-state index contributed by atoms with van der Waals surface area (Å²) in [5.74, 6) is 2.54. The highest BCUT2D eigenvalue weighted by Gasteiger charge is 2.28. The number of ether oxygens (including phenoxy) is 1. The Balaban J connectivity index is 1.35. The maximum atomic E-state index is 6.27. The fourth-order valence-corrected chi connectivity index (χ4v) is 5.26. The summed E-state index contributed by atoms with van der Waals surface area (Å²) < 4.78 is 8.53. The van der Waals surface area contributed by atoms with E-state index in [1.807, 2.05) is 6.08 Å². The van der Waals surface area contributed by atoms with Crippen LogP contribution in [0.3, 0.4) is 0 Å². The van der Waals surface area contributed by atoms with Gasteiger partial charge in [-0.2, -0.15) is 0 Å². The molecule has 162 valence electrons. The van der Waals surface area contributed by atoms with Crippen molar-refractivity contribution in [3.63, 3.8) is 0 Å². The number of hydrogen-bond acceptors (Lipinski definition) is 6. The van der Waals surface area contributed by atoms with Gasteiger partial charge in [-0.25, -0.2) is 0 Å². The quantitative estimate of drug-likeness (QED) is 0.499. The molecule has 1 saturated carbocycles. The maximum absolute atomic E-state index is 6.27. The van der Waals surface area contributed by atoms with E-state index in [4.69, 9.17) is 4.74 Å². The highest BCUT2D eigenvalue weighted by molar-refractivity contribution is 7.99.